The van der Waals surface area contributed by atoms with Gasteiger partial charge in [-0.25, -0.2) is 0 Å². The van der Waals surface area contributed by atoms with Crippen LogP contribution in [0.15, 0.2) is 42.5 Å². The fraction of sp³-hybridized carbons (Fsp3) is 0.231. The third-order valence-corrected chi connectivity index (χ3v) is 1.90. The van der Waals surface area contributed by atoms with Crippen molar-refractivity contribution in [2.24, 2.45) is 0 Å². The number of methoxy groups -OCH3 is 1. The zero-order chi connectivity index (χ0) is 10.2. The smallest absolute Gasteiger partial charge is 0.126 e. The highest BCUT2D eigenvalue weighted by atomic mass is 16.5. The highest BCUT2D eigenvalue weighted by Gasteiger charge is 1.94. The van der Waals surface area contributed by atoms with Crippen molar-refractivity contribution in [1.82, 2.24) is 0 Å². The average molecular weight is 188 g/mol. The lowest BCUT2D eigenvalue weighted by Crippen LogP contribution is -1.84. The van der Waals surface area contributed by atoms with Crippen molar-refractivity contribution in [2.75, 3.05) is 7.11 Å². The van der Waals surface area contributed by atoms with Crippen LogP contribution in [0.2, 0.25) is 0 Å². The highest BCUT2D eigenvalue weighted by molar-refractivity contribution is 5.58. The molecule has 0 aliphatic heterocycles. The number of allylic oxidation sites excluding steroid dienone is 3. The van der Waals surface area contributed by atoms with Crippen LogP contribution in [-0.2, 0) is 0 Å². The van der Waals surface area contributed by atoms with Gasteiger partial charge in [-0.2, -0.15) is 0 Å². The summed E-state index contributed by atoms with van der Waals surface area (Å²) < 4.78 is 5.23. The van der Waals surface area contributed by atoms with Gasteiger partial charge in [-0.1, -0.05) is 49.4 Å². The number of ether oxygens (including phenoxy) is 1. The Morgan fingerprint density at radius 3 is 2.71 bits per heavy atom. The van der Waals surface area contributed by atoms with E-state index in [1.807, 2.05) is 42.5 Å². The minimum Gasteiger partial charge on any atom is -0.496 e. The molecule has 1 aromatic rings. The first-order valence-corrected chi connectivity index (χ1v) is 4.84. The predicted octanol–water partition coefficient (Wildman–Crippen LogP) is 3.67. The molecular formula is C13H16O. The topological polar surface area (TPSA) is 9.23 Å². The summed E-state index contributed by atoms with van der Waals surface area (Å²) in [5.74, 6) is 0.911. The minimum atomic E-state index is 0.911. The Morgan fingerprint density at radius 2 is 2.00 bits per heavy atom. The second-order valence-electron chi connectivity index (χ2n) is 2.94. The largest absolute Gasteiger partial charge is 0.496 e. The van der Waals surface area contributed by atoms with Crippen LogP contribution in [0, 0.1) is 0 Å². The number of para-hydroxylation sites is 1. The van der Waals surface area contributed by atoms with Crippen LogP contribution in [0.4, 0.5) is 0 Å². The fourth-order valence-corrected chi connectivity index (χ4v) is 1.18. The Kier molecular flexibility index (Phi) is 4.56. The summed E-state index contributed by atoms with van der Waals surface area (Å²) in [6.45, 7) is 2.12. The third kappa shape index (κ3) is 3.09. The molecule has 1 rings (SSSR count). The van der Waals surface area contributed by atoms with E-state index >= 15 is 0 Å². The van der Waals surface area contributed by atoms with Crippen molar-refractivity contribution < 1.29 is 4.74 Å². The molecule has 1 aromatic carbocycles. The lowest BCUT2D eigenvalue weighted by molar-refractivity contribution is 0.414. The molecule has 0 N–H and O–H groups in total. The summed E-state index contributed by atoms with van der Waals surface area (Å²) in [5.41, 5.74) is 1.11. The summed E-state index contributed by atoms with van der Waals surface area (Å²) in [6, 6.07) is 7.97. The molecule has 0 saturated carbocycles. The molecule has 0 atom stereocenters. The van der Waals surface area contributed by atoms with E-state index in [2.05, 4.69) is 13.0 Å². The zero-order valence-electron chi connectivity index (χ0n) is 8.73. The van der Waals surface area contributed by atoms with Gasteiger partial charge in [0.15, 0.2) is 0 Å². The fourth-order valence-electron chi connectivity index (χ4n) is 1.18. The Bertz CT molecular complexity index is 324. The molecule has 0 saturated heterocycles. The van der Waals surface area contributed by atoms with Crippen molar-refractivity contribution >= 4 is 6.08 Å². The van der Waals surface area contributed by atoms with Crippen LogP contribution in [0.5, 0.6) is 5.75 Å². The first kappa shape index (κ1) is 10.6. The van der Waals surface area contributed by atoms with E-state index in [1.54, 1.807) is 7.11 Å². The first-order valence-electron chi connectivity index (χ1n) is 4.84. The molecule has 0 aliphatic carbocycles. The molecule has 0 fully saturated rings. The summed E-state index contributed by atoms with van der Waals surface area (Å²) in [6.07, 6.45) is 9.31. The van der Waals surface area contributed by atoms with E-state index in [4.69, 9.17) is 4.74 Å². The number of hydrogen-bond donors (Lipinski definition) is 0. The van der Waals surface area contributed by atoms with E-state index in [9.17, 15) is 0 Å². The molecule has 0 unspecified atom stereocenters. The van der Waals surface area contributed by atoms with Crippen LogP contribution in [-0.4, -0.2) is 7.11 Å². The van der Waals surface area contributed by atoms with E-state index in [0.717, 1.165) is 17.7 Å². The number of rotatable bonds is 4. The second kappa shape index (κ2) is 6.03. The van der Waals surface area contributed by atoms with Crippen LogP contribution in [0.1, 0.15) is 18.9 Å². The van der Waals surface area contributed by atoms with E-state index in [0.29, 0.717) is 0 Å². The molecule has 0 aliphatic rings. The second-order valence-corrected chi connectivity index (χ2v) is 2.94. The molecule has 14 heavy (non-hydrogen) atoms. The van der Waals surface area contributed by atoms with Gasteiger partial charge in [0.2, 0.25) is 0 Å². The van der Waals surface area contributed by atoms with Crippen molar-refractivity contribution in [2.45, 2.75) is 13.3 Å². The molecule has 1 nitrogen and oxygen atoms in total. The van der Waals surface area contributed by atoms with Gasteiger partial charge in [0, 0.05) is 5.56 Å². The van der Waals surface area contributed by atoms with Crippen LogP contribution in [0.25, 0.3) is 6.08 Å². The van der Waals surface area contributed by atoms with Crippen LogP contribution in [0.3, 0.4) is 0 Å². The third-order valence-electron chi connectivity index (χ3n) is 1.90. The van der Waals surface area contributed by atoms with Crippen molar-refractivity contribution in [3.63, 3.8) is 0 Å². The minimum absolute atomic E-state index is 0.911. The molecule has 0 aromatic heterocycles. The lowest BCUT2D eigenvalue weighted by Gasteiger charge is -2.02. The van der Waals surface area contributed by atoms with Gasteiger partial charge in [-0.15, -0.1) is 0 Å². The van der Waals surface area contributed by atoms with E-state index in [1.165, 1.54) is 0 Å². The Morgan fingerprint density at radius 1 is 1.21 bits per heavy atom. The molecule has 0 radical (unpaired) electrons. The normalized spacial score (nSPS) is 11.3. The van der Waals surface area contributed by atoms with Crippen molar-refractivity contribution in [1.29, 1.82) is 0 Å². The molecule has 0 bridgehead atoms. The monoisotopic (exact) mass is 188 g/mol. The Hall–Kier alpha value is -1.50. The summed E-state index contributed by atoms with van der Waals surface area (Å²) >= 11 is 0. The molecule has 74 valence electrons. The van der Waals surface area contributed by atoms with Gasteiger partial charge in [-0.3, -0.25) is 0 Å². The maximum Gasteiger partial charge on any atom is 0.126 e. The lowest BCUT2D eigenvalue weighted by atomic mass is 10.2. The maximum atomic E-state index is 5.23. The van der Waals surface area contributed by atoms with Gasteiger partial charge in [0.05, 0.1) is 7.11 Å². The number of benzene rings is 1. The molecule has 0 spiro atoms. The standard InChI is InChI=1S/C13H16O/c1-3-4-5-6-9-12-10-7-8-11-13(12)14-2/h4-11H,3H2,1-2H3/b5-4-,9-6+. The van der Waals surface area contributed by atoms with Gasteiger partial charge in [-0.05, 0) is 12.5 Å². The first-order chi connectivity index (χ1) is 6.88. The van der Waals surface area contributed by atoms with Crippen LogP contribution < -0.4 is 4.74 Å². The van der Waals surface area contributed by atoms with Gasteiger partial charge in [0.25, 0.3) is 0 Å². The number of hydrogen-bond acceptors (Lipinski definition) is 1. The molecule has 0 amide bonds. The van der Waals surface area contributed by atoms with Gasteiger partial charge in [0.1, 0.15) is 5.75 Å². The van der Waals surface area contributed by atoms with Crippen LogP contribution >= 0.6 is 0 Å². The highest BCUT2D eigenvalue weighted by Crippen LogP contribution is 2.18. The summed E-state index contributed by atoms with van der Waals surface area (Å²) in [7, 11) is 1.69. The van der Waals surface area contributed by atoms with Crippen molar-refractivity contribution in [3.8, 4) is 5.75 Å². The molecule has 0 heterocycles. The summed E-state index contributed by atoms with van der Waals surface area (Å²) in [4.78, 5) is 0. The Balaban J connectivity index is 2.75. The molecule has 1 heteroatoms. The summed E-state index contributed by atoms with van der Waals surface area (Å²) in [5, 5.41) is 0. The maximum absolute atomic E-state index is 5.23. The zero-order valence-corrected chi connectivity index (χ0v) is 8.73. The quantitative estimate of drug-likeness (QED) is 0.655. The van der Waals surface area contributed by atoms with Gasteiger partial charge >= 0.3 is 0 Å². The van der Waals surface area contributed by atoms with Gasteiger partial charge < -0.3 is 4.74 Å². The predicted molar refractivity (Wildman–Crippen MR) is 61.5 cm³/mol. The van der Waals surface area contributed by atoms with E-state index < -0.39 is 0 Å². The average Bonchev–Trinajstić information content (AvgIpc) is 2.25. The molecular weight excluding hydrogens is 172 g/mol. The van der Waals surface area contributed by atoms with Crippen molar-refractivity contribution in [3.05, 3.63) is 48.1 Å². The SMILES string of the molecule is CC/C=C\C=C\c1ccccc1OC. The van der Waals surface area contributed by atoms with E-state index in [-0.39, 0.29) is 0 Å². The Labute approximate surface area is 85.7 Å².